The number of nitrogens with zero attached hydrogens (tertiary/aromatic N) is 3. The topological polar surface area (TPSA) is 86.6 Å². The van der Waals surface area contributed by atoms with Crippen molar-refractivity contribution >= 4 is 0 Å². The molecule has 7 nitrogen and oxygen atoms in total. The highest BCUT2D eigenvalue weighted by Crippen LogP contribution is 2.26. The van der Waals surface area contributed by atoms with Gasteiger partial charge in [-0.1, -0.05) is 30.3 Å². The van der Waals surface area contributed by atoms with Crippen molar-refractivity contribution in [3.05, 3.63) is 96.8 Å². The molecular formula is C27H27N3O4. The van der Waals surface area contributed by atoms with Crippen molar-refractivity contribution in [1.82, 2.24) is 15.0 Å². The van der Waals surface area contributed by atoms with Crippen molar-refractivity contribution in [2.45, 2.75) is 19.3 Å². The molecule has 0 saturated carbocycles. The van der Waals surface area contributed by atoms with Gasteiger partial charge in [-0.25, -0.2) is 4.98 Å². The lowest BCUT2D eigenvalue weighted by molar-refractivity contribution is -0.125. The van der Waals surface area contributed by atoms with Crippen LogP contribution >= 0.6 is 0 Å². The van der Waals surface area contributed by atoms with E-state index in [4.69, 9.17) is 19.2 Å². The molecule has 0 saturated heterocycles. The van der Waals surface area contributed by atoms with Gasteiger partial charge in [0.2, 0.25) is 6.29 Å². The Bertz CT molecular complexity index is 1090. The summed E-state index contributed by atoms with van der Waals surface area (Å²) < 4.78 is 17.2. The number of aromatic nitrogens is 3. The average molecular weight is 458 g/mol. The monoisotopic (exact) mass is 457 g/mol. The Hall–Kier alpha value is -3.65. The first-order valence-electron chi connectivity index (χ1n) is 11.2. The highest BCUT2D eigenvalue weighted by Gasteiger charge is 2.17. The fourth-order valence-electron chi connectivity index (χ4n) is 3.36. The average Bonchev–Trinajstić information content (AvgIpc) is 2.90. The van der Waals surface area contributed by atoms with Crippen molar-refractivity contribution in [2.75, 3.05) is 19.8 Å². The SMILES string of the molecule is CCOC(COCC(O)c1cc(-c2ccccn2)nc(-c2ccccn2)c1)Oc1ccccc1. The van der Waals surface area contributed by atoms with E-state index >= 15 is 0 Å². The van der Waals surface area contributed by atoms with Crippen LogP contribution in [0.15, 0.2) is 91.3 Å². The van der Waals surface area contributed by atoms with Crippen LogP contribution in [0.2, 0.25) is 0 Å². The molecule has 2 atom stereocenters. The number of hydrogen-bond acceptors (Lipinski definition) is 7. The van der Waals surface area contributed by atoms with Crippen LogP contribution in [-0.4, -0.2) is 46.2 Å². The number of benzene rings is 1. The van der Waals surface area contributed by atoms with Crippen LogP contribution in [0.25, 0.3) is 22.8 Å². The molecule has 0 fully saturated rings. The molecule has 0 spiro atoms. The van der Waals surface area contributed by atoms with E-state index in [1.807, 2.05) is 85.8 Å². The molecule has 0 aliphatic heterocycles. The van der Waals surface area contributed by atoms with Crippen LogP contribution in [0.5, 0.6) is 5.75 Å². The summed E-state index contributed by atoms with van der Waals surface area (Å²) in [5, 5.41) is 10.9. The molecule has 0 amide bonds. The van der Waals surface area contributed by atoms with Gasteiger partial charge in [0.15, 0.2) is 0 Å². The van der Waals surface area contributed by atoms with E-state index in [-0.39, 0.29) is 13.2 Å². The quantitative estimate of drug-likeness (QED) is 0.327. The summed E-state index contributed by atoms with van der Waals surface area (Å²) in [4.78, 5) is 13.5. The predicted molar refractivity (Wildman–Crippen MR) is 129 cm³/mol. The maximum Gasteiger partial charge on any atom is 0.223 e. The fraction of sp³-hybridized carbons (Fsp3) is 0.222. The molecule has 4 aromatic rings. The van der Waals surface area contributed by atoms with Crippen LogP contribution in [0.1, 0.15) is 18.6 Å². The minimum absolute atomic E-state index is 0.0645. The molecule has 2 unspecified atom stereocenters. The molecule has 1 aromatic carbocycles. The Kier molecular flexibility index (Phi) is 8.29. The van der Waals surface area contributed by atoms with E-state index in [0.29, 0.717) is 40.7 Å². The molecule has 1 N–H and O–H groups in total. The number of aliphatic hydroxyl groups is 1. The van der Waals surface area contributed by atoms with Crippen molar-refractivity contribution < 1.29 is 19.3 Å². The fourth-order valence-corrected chi connectivity index (χ4v) is 3.36. The third-order valence-electron chi connectivity index (χ3n) is 4.98. The van der Waals surface area contributed by atoms with E-state index in [1.54, 1.807) is 12.4 Å². The first kappa shape index (κ1) is 23.5. The summed E-state index contributed by atoms with van der Waals surface area (Å²) in [6, 6.07) is 24.3. The first-order chi connectivity index (χ1) is 16.7. The number of rotatable bonds is 11. The number of aliphatic hydroxyl groups excluding tert-OH is 1. The summed E-state index contributed by atoms with van der Waals surface area (Å²) in [6.45, 7) is 2.61. The predicted octanol–water partition coefficient (Wildman–Crippen LogP) is 4.70. The largest absolute Gasteiger partial charge is 0.462 e. The van der Waals surface area contributed by atoms with Crippen LogP contribution < -0.4 is 4.74 Å². The van der Waals surface area contributed by atoms with Crippen LogP contribution in [0.4, 0.5) is 0 Å². The van der Waals surface area contributed by atoms with Gasteiger partial charge in [-0.15, -0.1) is 0 Å². The molecule has 4 rings (SSSR count). The van der Waals surface area contributed by atoms with Gasteiger partial charge in [-0.3, -0.25) is 9.97 Å². The van der Waals surface area contributed by atoms with Gasteiger partial charge >= 0.3 is 0 Å². The Morgan fingerprint density at radius 1 is 0.765 bits per heavy atom. The second kappa shape index (κ2) is 12.0. The standard InChI is InChI=1S/C27H27N3O4/c1-2-33-27(34-21-10-4-3-5-11-21)19-32-18-26(31)20-16-24(22-12-6-8-14-28-22)30-25(17-20)23-13-7-9-15-29-23/h3-17,26-27,31H,2,18-19H2,1H3. The Morgan fingerprint density at radius 3 is 1.94 bits per heavy atom. The highest BCUT2D eigenvalue weighted by molar-refractivity contribution is 5.63. The van der Waals surface area contributed by atoms with E-state index in [1.165, 1.54) is 0 Å². The van der Waals surface area contributed by atoms with Gasteiger partial charge in [0.05, 0.1) is 29.4 Å². The van der Waals surface area contributed by atoms with E-state index in [2.05, 4.69) is 9.97 Å². The zero-order valence-electron chi connectivity index (χ0n) is 18.9. The summed E-state index contributed by atoms with van der Waals surface area (Å²) in [5.74, 6) is 0.694. The lowest BCUT2D eigenvalue weighted by Crippen LogP contribution is -2.27. The molecule has 0 aliphatic carbocycles. The summed E-state index contributed by atoms with van der Waals surface area (Å²) in [7, 11) is 0. The van der Waals surface area contributed by atoms with E-state index in [9.17, 15) is 5.11 Å². The number of para-hydroxylation sites is 1. The zero-order chi connectivity index (χ0) is 23.6. The maximum atomic E-state index is 10.9. The van der Waals surface area contributed by atoms with Gasteiger partial charge in [0.1, 0.15) is 18.5 Å². The number of ether oxygens (including phenoxy) is 3. The summed E-state index contributed by atoms with van der Waals surface area (Å²) in [5.41, 5.74) is 3.38. The van der Waals surface area contributed by atoms with Gasteiger partial charge in [0, 0.05) is 19.0 Å². The smallest absolute Gasteiger partial charge is 0.223 e. The third-order valence-corrected chi connectivity index (χ3v) is 4.98. The van der Waals surface area contributed by atoms with Crippen molar-refractivity contribution in [3.8, 4) is 28.5 Å². The summed E-state index contributed by atoms with van der Waals surface area (Å²) in [6.07, 6.45) is 1.96. The maximum absolute atomic E-state index is 10.9. The van der Waals surface area contributed by atoms with Crippen molar-refractivity contribution in [3.63, 3.8) is 0 Å². The minimum Gasteiger partial charge on any atom is -0.462 e. The summed E-state index contributed by atoms with van der Waals surface area (Å²) >= 11 is 0. The lowest BCUT2D eigenvalue weighted by atomic mass is 10.1. The van der Waals surface area contributed by atoms with E-state index in [0.717, 1.165) is 0 Å². The van der Waals surface area contributed by atoms with Crippen molar-refractivity contribution in [1.29, 1.82) is 0 Å². The van der Waals surface area contributed by atoms with Crippen LogP contribution in [0.3, 0.4) is 0 Å². The molecule has 7 heteroatoms. The zero-order valence-corrected chi connectivity index (χ0v) is 18.9. The minimum atomic E-state index is -0.882. The molecule has 34 heavy (non-hydrogen) atoms. The van der Waals surface area contributed by atoms with Gasteiger partial charge in [-0.05, 0) is 61.0 Å². The number of pyridine rings is 3. The molecule has 3 aromatic heterocycles. The second-order valence-corrected chi connectivity index (χ2v) is 7.47. The highest BCUT2D eigenvalue weighted by atomic mass is 16.7. The van der Waals surface area contributed by atoms with Gasteiger partial charge in [-0.2, -0.15) is 0 Å². The Morgan fingerprint density at radius 2 is 1.38 bits per heavy atom. The Labute approximate surface area is 199 Å². The first-order valence-corrected chi connectivity index (χ1v) is 11.2. The second-order valence-electron chi connectivity index (χ2n) is 7.47. The third kappa shape index (κ3) is 6.45. The van der Waals surface area contributed by atoms with Gasteiger partial charge < -0.3 is 19.3 Å². The molecule has 3 heterocycles. The molecule has 174 valence electrons. The normalized spacial score (nSPS) is 12.8. The van der Waals surface area contributed by atoms with E-state index < -0.39 is 12.4 Å². The molecule has 0 bridgehead atoms. The van der Waals surface area contributed by atoms with Gasteiger partial charge in [0.25, 0.3) is 0 Å². The molecule has 0 radical (unpaired) electrons. The van der Waals surface area contributed by atoms with Crippen LogP contribution in [0, 0.1) is 0 Å². The molecular weight excluding hydrogens is 430 g/mol. The van der Waals surface area contributed by atoms with Crippen molar-refractivity contribution in [2.24, 2.45) is 0 Å². The Balaban J connectivity index is 1.48. The number of hydrogen-bond donors (Lipinski definition) is 1. The lowest BCUT2D eigenvalue weighted by Gasteiger charge is -2.20. The van der Waals surface area contributed by atoms with Crippen LogP contribution in [-0.2, 0) is 9.47 Å². The molecule has 0 aliphatic rings.